The molecule has 3 heterocycles. The summed E-state index contributed by atoms with van der Waals surface area (Å²) in [5, 5.41) is 7.08. The first kappa shape index (κ1) is 16.2. The molecule has 0 saturated carbocycles. The molecule has 2 atom stereocenters. The van der Waals surface area contributed by atoms with E-state index in [1.165, 1.54) is 0 Å². The summed E-state index contributed by atoms with van der Waals surface area (Å²) >= 11 is 0. The predicted octanol–water partition coefficient (Wildman–Crippen LogP) is 1.68. The third-order valence-electron chi connectivity index (χ3n) is 4.92. The van der Waals surface area contributed by atoms with Crippen molar-refractivity contribution in [2.24, 2.45) is 0 Å². The smallest absolute Gasteiger partial charge is 0.244 e. The molecular weight excluding hydrogens is 318 g/mol. The Balaban J connectivity index is 1.49. The van der Waals surface area contributed by atoms with Crippen molar-refractivity contribution in [1.82, 2.24) is 20.1 Å². The molecule has 1 amide bonds. The standard InChI is InChI=1S/C18H23N5O2/c1-13-19-17(21-20-13)16-12-22(10-11-25-16)15-8-5-9-23(18(15)24)14-6-3-2-4-7-14/h2-4,6-7,15-16H,5,8-12H2,1H3,(H,19,20,21)/t15-,16+/m0/s1. The Bertz CT molecular complexity index is 732. The van der Waals surface area contributed by atoms with E-state index in [4.69, 9.17) is 4.74 Å². The van der Waals surface area contributed by atoms with Crippen molar-refractivity contribution in [2.75, 3.05) is 31.1 Å². The van der Waals surface area contributed by atoms with Gasteiger partial charge in [-0.2, -0.15) is 5.10 Å². The van der Waals surface area contributed by atoms with Crippen LogP contribution in [0.15, 0.2) is 30.3 Å². The van der Waals surface area contributed by atoms with Crippen LogP contribution < -0.4 is 4.90 Å². The molecule has 2 aliphatic heterocycles. The number of amides is 1. The second-order valence-corrected chi connectivity index (χ2v) is 6.62. The Morgan fingerprint density at radius 3 is 2.84 bits per heavy atom. The van der Waals surface area contributed by atoms with Gasteiger partial charge in [0.25, 0.3) is 0 Å². The van der Waals surface area contributed by atoms with E-state index in [-0.39, 0.29) is 18.1 Å². The maximum atomic E-state index is 13.1. The highest BCUT2D eigenvalue weighted by atomic mass is 16.5. The molecule has 0 radical (unpaired) electrons. The van der Waals surface area contributed by atoms with E-state index in [0.29, 0.717) is 19.0 Å². The number of morpholine rings is 1. The second kappa shape index (κ2) is 6.93. The summed E-state index contributed by atoms with van der Waals surface area (Å²) in [6.45, 7) is 4.66. The monoisotopic (exact) mass is 341 g/mol. The summed E-state index contributed by atoms with van der Waals surface area (Å²) in [6, 6.07) is 9.82. The minimum atomic E-state index is -0.182. The van der Waals surface area contributed by atoms with Crippen LogP contribution in [0.5, 0.6) is 0 Å². The van der Waals surface area contributed by atoms with E-state index in [1.807, 2.05) is 42.2 Å². The van der Waals surface area contributed by atoms with Crippen molar-refractivity contribution in [3.63, 3.8) is 0 Å². The van der Waals surface area contributed by atoms with Crippen LogP contribution in [0.3, 0.4) is 0 Å². The average Bonchev–Trinajstić information content (AvgIpc) is 3.09. The van der Waals surface area contributed by atoms with Crippen LogP contribution in [0.1, 0.15) is 30.6 Å². The number of aryl methyl sites for hydroxylation is 1. The van der Waals surface area contributed by atoms with Crippen LogP contribution >= 0.6 is 0 Å². The number of anilines is 1. The lowest BCUT2D eigenvalue weighted by Crippen LogP contribution is -2.55. The van der Waals surface area contributed by atoms with Gasteiger partial charge in [0, 0.05) is 25.3 Å². The molecule has 0 aliphatic carbocycles. The number of benzene rings is 1. The number of nitrogens with one attached hydrogen (secondary N) is 1. The summed E-state index contributed by atoms with van der Waals surface area (Å²) in [5.74, 6) is 1.63. The van der Waals surface area contributed by atoms with Gasteiger partial charge in [-0.15, -0.1) is 0 Å². The number of nitrogens with zero attached hydrogens (tertiary/aromatic N) is 4. The van der Waals surface area contributed by atoms with Crippen molar-refractivity contribution in [1.29, 1.82) is 0 Å². The van der Waals surface area contributed by atoms with Gasteiger partial charge in [-0.25, -0.2) is 4.98 Å². The van der Waals surface area contributed by atoms with Crippen LogP contribution in [0.4, 0.5) is 5.69 Å². The summed E-state index contributed by atoms with van der Waals surface area (Å²) in [4.78, 5) is 21.6. The van der Waals surface area contributed by atoms with Crippen molar-refractivity contribution in [3.8, 4) is 0 Å². The molecule has 1 aromatic carbocycles. The lowest BCUT2D eigenvalue weighted by molar-refractivity contribution is -0.129. The minimum Gasteiger partial charge on any atom is -0.367 e. The molecule has 25 heavy (non-hydrogen) atoms. The number of carbonyl (C=O) groups excluding carboxylic acids is 1. The SMILES string of the molecule is Cc1nc([C@H]2CN([C@H]3CCCN(c4ccccc4)C3=O)CCO2)n[nH]1. The first-order valence-electron chi connectivity index (χ1n) is 8.83. The largest absolute Gasteiger partial charge is 0.367 e. The van der Waals surface area contributed by atoms with E-state index in [2.05, 4.69) is 20.1 Å². The normalized spacial score (nSPS) is 25.3. The van der Waals surface area contributed by atoms with Gasteiger partial charge in [-0.3, -0.25) is 14.8 Å². The van der Waals surface area contributed by atoms with E-state index in [9.17, 15) is 4.79 Å². The highest BCUT2D eigenvalue weighted by Crippen LogP contribution is 2.27. The van der Waals surface area contributed by atoms with Gasteiger partial charge in [-0.1, -0.05) is 18.2 Å². The number of ether oxygens (including phenoxy) is 1. The molecule has 132 valence electrons. The molecule has 1 aromatic heterocycles. The third-order valence-corrected chi connectivity index (χ3v) is 4.92. The van der Waals surface area contributed by atoms with Gasteiger partial charge in [0.05, 0.1) is 12.6 Å². The number of piperidine rings is 1. The average molecular weight is 341 g/mol. The predicted molar refractivity (Wildman–Crippen MR) is 93.2 cm³/mol. The quantitative estimate of drug-likeness (QED) is 0.919. The van der Waals surface area contributed by atoms with Crippen molar-refractivity contribution in [3.05, 3.63) is 42.0 Å². The van der Waals surface area contributed by atoms with Gasteiger partial charge in [0.2, 0.25) is 5.91 Å². The number of hydrogen-bond acceptors (Lipinski definition) is 5. The van der Waals surface area contributed by atoms with Crippen molar-refractivity contribution < 1.29 is 9.53 Å². The van der Waals surface area contributed by atoms with E-state index in [1.54, 1.807) is 0 Å². The van der Waals surface area contributed by atoms with Gasteiger partial charge >= 0.3 is 0 Å². The molecule has 0 unspecified atom stereocenters. The van der Waals surface area contributed by atoms with Crippen molar-refractivity contribution in [2.45, 2.75) is 31.9 Å². The van der Waals surface area contributed by atoms with Crippen molar-refractivity contribution >= 4 is 11.6 Å². The Hall–Kier alpha value is -2.25. The maximum Gasteiger partial charge on any atom is 0.244 e. The molecule has 7 nitrogen and oxygen atoms in total. The first-order chi connectivity index (χ1) is 12.2. The summed E-state index contributed by atoms with van der Waals surface area (Å²) < 4.78 is 5.83. The fourth-order valence-corrected chi connectivity index (χ4v) is 3.67. The fourth-order valence-electron chi connectivity index (χ4n) is 3.67. The number of H-pyrrole nitrogens is 1. The van der Waals surface area contributed by atoms with E-state index in [0.717, 1.165) is 37.4 Å². The lowest BCUT2D eigenvalue weighted by Gasteiger charge is -2.41. The highest BCUT2D eigenvalue weighted by molar-refractivity contribution is 5.97. The van der Waals surface area contributed by atoms with Gasteiger partial charge in [0.1, 0.15) is 11.9 Å². The number of rotatable bonds is 3. The fraction of sp³-hybridized carbons (Fsp3) is 0.500. The Labute approximate surface area is 147 Å². The van der Waals surface area contributed by atoms with Crippen LogP contribution in [0.2, 0.25) is 0 Å². The van der Waals surface area contributed by atoms with Crippen LogP contribution in [-0.4, -0.2) is 58.3 Å². The third kappa shape index (κ3) is 3.29. The zero-order valence-corrected chi connectivity index (χ0v) is 14.4. The van der Waals surface area contributed by atoms with Crippen LogP contribution in [-0.2, 0) is 9.53 Å². The van der Waals surface area contributed by atoms with Gasteiger partial charge in [0.15, 0.2) is 5.82 Å². The summed E-state index contributed by atoms with van der Waals surface area (Å²) in [5.41, 5.74) is 0.978. The minimum absolute atomic E-state index is 0.0969. The van der Waals surface area contributed by atoms with Crippen LogP contribution in [0, 0.1) is 6.92 Å². The van der Waals surface area contributed by atoms with Crippen LogP contribution in [0.25, 0.3) is 0 Å². The molecule has 1 N–H and O–H groups in total. The second-order valence-electron chi connectivity index (χ2n) is 6.62. The van der Waals surface area contributed by atoms with Gasteiger partial charge in [-0.05, 0) is 31.9 Å². The Kier molecular flexibility index (Phi) is 4.50. The zero-order chi connectivity index (χ0) is 17.2. The molecule has 2 aliphatic rings. The molecule has 7 heteroatoms. The van der Waals surface area contributed by atoms with E-state index >= 15 is 0 Å². The Morgan fingerprint density at radius 2 is 2.08 bits per heavy atom. The molecular formula is C18H23N5O2. The Morgan fingerprint density at radius 1 is 1.24 bits per heavy atom. The maximum absolute atomic E-state index is 13.1. The number of aromatic amines is 1. The number of para-hydroxylation sites is 1. The van der Waals surface area contributed by atoms with E-state index < -0.39 is 0 Å². The molecule has 0 bridgehead atoms. The molecule has 4 rings (SSSR count). The molecule has 2 fully saturated rings. The summed E-state index contributed by atoms with van der Waals surface area (Å²) in [6.07, 6.45) is 1.72. The van der Waals surface area contributed by atoms with Gasteiger partial charge < -0.3 is 9.64 Å². The topological polar surface area (TPSA) is 74.3 Å². The number of aromatic nitrogens is 3. The summed E-state index contributed by atoms with van der Waals surface area (Å²) in [7, 11) is 0. The molecule has 2 saturated heterocycles. The number of hydrogen-bond donors (Lipinski definition) is 1. The highest BCUT2D eigenvalue weighted by Gasteiger charge is 2.37. The molecule has 2 aromatic rings. The molecule has 0 spiro atoms. The zero-order valence-electron chi connectivity index (χ0n) is 14.4. The first-order valence-corrected chi connectivity index (χ1v) is 8.83. The number of carbonyl (C=O) groups is 1. The lowest BCUT2D eigenvalue weighted by atomic mass is 10.0.